The zero-order valence-electron chi connectivity index (χ0n) is 7.33. The average Bonchev–Trinajstić information content (AvgIpc) is 1.83. The first kappa shape index (κ1) is 19.1. The molecule has 5 nitrogen and oxygen atoms in total. The van der Waals surface area contributed by atoms with Gasteiger partial charge in [0.25, 0.3) is 11.9 Å². The zero-order valence-corrected chi connectivity index (χ0v) is 9.60. The van der Waals surface area contributed by atoms with E-state index in [0.29, 0.717) is 0 Å². The van der Waals surface area contributed by atoms with E-state index < -0.39 is 15.7 Å². The molecular weight excluding hydrogens is 258 g/mol. The number of aliphatic carboxylic acids is 2. The summed E-state index contributed by atoms with van der Waals surface area (Å²) >= 11 is 14.6. The zero-order chi connectivity index (χ0) is 12.4. The molecule has 0 unspecified atom stereocenters. The number of hydrogen-bond acceptors (Lipinski definition) is 3. The summed E-state index contributed by atoms with van der Waals surface area (Å²) in [6, 6.07) is 0. The quantitative estimate of drug-likeness (QED) is 0.515. The van der Waals surface area contributed by atoms with Crippen LogP contribution in [0.5, 0.6) is 0 Å². The van der Waals surface area contributed by atoms with Crippen molar-refractivity contribution in [2.24, 2.45) is 0 Å². The van der Waals surface area contributed by atoms with Gasteiger partial charge in [0.05, 0.1) is 0 Å². The summed E-state index contributed by atoms with van der Waals surface area (Å²) in [5, 5.41) is 14.8. The van der Waals surface area contributed by atoms with Gasteiger partial charge in [-0.05, 0) is 0 Å². The number of carboxylic acid groups (broad SMARTS) is 2. The molecule has 0 aromatic rings. The van der Waals surface area contributed by atoms with Crippen LogP contribution in [0.4, 0.5) is 0 Å². The Bertz CT molecular complexity index is 166. The first-order valence-electron chi connectivity index (χ1n) is 2.95. The van der Waals surface area contributed by atoms with Crippen molar-refractivity contribution in [3.8, 4) is 0 Å². The van der Waals surface area contributed by atoms with Crippen LogP contribution in [0.25, 0.3) is 0 Å². The van der Waals surface area contributed by atoms with Crippen LogP contribution < -0.4 is 0 Å². The lowest BCUT2D eigenvalue weighted by molar-refractivity contribution is -0.135. The van der Waals surface area contributed by atoms with Gasteiger partial charge in [0.1, 0.15) is 0 Å². The number of halogens is 3. The smallest absolute Gasteiger partial charge is 0.300 e. The molecule has 0 saturated heterocycles. The van der Waals surface area contributed by atoms with Crippen molar-refractivity contribution in [2.75, 3.05) is 0 Å². The Morgan fingerprint density at radius 2 is 1.14 bits per heavy atom. The minimum atomic E-state index is -1.72. The van der Waals surface area contributed by atoms with Crippen LogP contribution in [0.2, 0.25) is 0 Å². The Kier molecular flexibility index (Phi) is 14.4. The molecule has 2 N–H and O–H groups in total. The number of carbonyl (C=O) groups is 3. The predicted octanol–water partition coefficient (Wildman–Crippen LogP) is 1.74. The third-order valence-corrected chi connectivity index (χ3v) is 0.401. The topological polar surface area (TPSA) is 91.7 Å². The van der Waals surface area contributed by atoms with Crippen LogP contribution in [0.3, 0.4) is 0 Å². The summed E-state index contributed by atoms with van der Waals surface area (Å²) in [5.74, 6) is -1.67. The number of alkyl halides is 3. The van der Waals surface area contributed by atoms with Crippen LogP contribution in [0.15, 0.2) is 0 Å². The number of carboxylic acids is 2. The fourth-order valence-electron chi connectivity index (χ4n) is 0. The van der Waals surface area contributed by atoms with Crippen LogP contribution in [0.1, 0.15) is 13.8 Å². The van der Waals surface area contributed by atoms with E-state index in [-0.39, 0.29) is 6.29 Å². The molecule has 0 aliphatic heterocycles. The molecule has 0 aromatic carbocycles. The van der Waals surface area contributed by atoms with Gasteiger partial charge in [-0.2, -0.15) is 0 Å². The van der Waals surface area contributed by atoms with Crippen LogP contribution in [-0.2, 0) is 14.4 Å². The van der Waals surface area contributed by atoms with Gasteiger partial charge >= 0.3 is 0 Å². The number of aldehydes is 1. The van der Waals surface area contributed by atoms with E-state index >= 15 is 0 Å². The largest absolute Gasteiger partial charge is 0.481 e. The molecule has 0 aliphatic rings. The molecule has 8 heteroatoms. The maximum absolute atomic E-state index is 9.43. The predicted molar refractivity (Wildman–Crippen MR) is 53.0 cm³/mol. The van der Waals surface area contributed by atoms with Gasteiger partial charge in [0.2, 0.25) is 3.79 Å². The second-order valence-corrected chi connectivity index (χ2v) is 4.07. The van der Waals surface area contributed by atoms with Crippen molar-refractivity contribution in [1.82, 2.24) is 0 Å². The van der Waals surface area contributed by atoms with E-state index in [1.165, 1.54) is 0 Å². The van der Waals surface area contributed by atoms with Crippen molar-refractivity contribution >= 4 is 53.0 Å². The van der Waals surface area contributed by atoms with E-state index in [0.717, 1.165) is 13.8 Å². The molecule has 0 bridgehead atoms. The number of hydrogen-bond donors (Lipinski definition) is 2. The molecule has 0 rings (SSSR count). The summed E-state index contributed by atoms with van der Waals surface area (Å²) in [4.78, 5) is 27.4. The number of carbonyl (C=O) groups excluding carboxylic acids is 1. The molecule has 0 radical (unpaired) electrons. The highest BCUT2D eigenvalue weighted by Gasteiger charge is 2.16. The second-order valence-electron chi connectivity index (χ2n) is 1.70. The van der Waals surface area contributed by atoms with Gasteiger partial charge in [-0.15, -0.1) is 0 Å². The summed E-state index contributed by atoms with van der Waals surface area (Å²) in [6.45, 7) is 2.17. The Morgan fingerprint density at radius 1 is 1.07 bits per heavy atom. The second kappa shape index (κ2) is 10.6. The Hall–Kier alpha value is -0.520. The number of rotatable bonds is 0. The Morgan fingerprint density at radius 3 is 1.14 bits per heavy atom. The lowest BCUT2D eigenvalue weighted by Crippen LogP contribution is -2.00. The highest BCUT2D eigenvalue weighted by atomic mass is 35.6. The molecule has 0 aromatic heterocycles. The summed E-state index contributed by atoms with van der Waals surface area (Å²) < 4.78 is -1.72. The normalized spacial score (nSPS) is 8.36. The molecule has 0 saturated carbocycles. The van der Waals surface area contributed by atoms with Crippen molar-refractivity contribution in [2.45, 2.75) is 17.6 Å². The molecule has 84 valence electrons. The molecule has 14 heavy (non-hydrogen) atoms. The summed E-state index contributed by atoms with van der Waals surface area (Å²) in [5.41, 5.74) is 0. The van der Waals surface area contributed by atoms with Crippen LogP contribution in [0, 0.1) is 0 Å². The van der Waals surface area contributed by atoms with Crippen molar-refractivity contribution in [3.05, 3.63) is 0 Å². The van der Waals surface area contributed by atoms with E-state index in [2.05, 4.69) is 0 Å². The maximum atomic E-state index is 9.43. The fourth-order valence-corrected chi connectivity index (χ4v) is 0. The van der Waals surface area contributed by atoms with Crippen LogP contribution in [-0.4, -0.2) is 32.2 Å². The van der Waals surface area contributed by atoms with E-state index in [1.807, 2.05) is 0 Å². The van der Waals surface area contributed by atoms with Gasteiger partial charge in [-0.25, -0.2) is 0 Å². The molecule has 0 aliphatic carbocycles. The molecular formula is C6H9Cl3O5. The van der Waals surface area contributed by atoms with Crippen LogP contribution >= 0.6 is 34.8 Å². The summed E-state index contributed by atoms with van der Waals surface area (Å²) in [6.07, 6.45) is 0.234. The van der Waals surface area contributed by atoms with Gasteiger partial charge in [0, 0.05) is 13.8 Å². The Balaban J connectivity index is -0.000000135. The molecule has 0 amide bonds. The first-order chi connectivity index (χ1) is 6.02. The average molecular weight is 267 g/mol. The third-order valence-electron chi connectivity index (χ3n) is 0.134. The van der Waals surface area contributed by atoms with E-state index in [9.17, 15) is 4.79 Å². The fraction of sp³-hybridized carbons (Fsp3) is 0.500. The highest BCUT2D eigenvalue weighted by Crippen LogP contribution is 2.21. The molecule has 0 atom stereocenters. The van der Waals surface area contributed by atoms with Gasteiger partial charge in [-0.3, -0.25) is 14.4 Å². The van der Waals surface area contributed by atoms with Gasteiger partial charge < -0.3 is 10.2 Å². The maximum Gasteiger partial charge on any atom is 0.300 e. The monoisotopic (exact) mass is 266 g/mol. The van der Waals surface area contributed by atoms with Gasteiger partial charge in [0.15, 0.2) is 6.29 Å². The summed E-state index contributed by atoms with van der Waals surface area (Å²) in [7, 11) is 0. The van der Waals surface area contributed by atoms with Crippen molar-refractivity contribution in [1.29, 1.82) is 0 Å². The molecule has 0 spiro atoms. The lowest BCUT2D eigenvalue weighted by atomic mass is 10.9. The van der Waals surface area contributed by atoms with Crippen molar-refractivity contribution < 1.29 is 24.6 Å². The Labute approximate surface area is 95.6 Å². The lowest BCUT2D eigenvalue weighted by Gasteiger charge is -1.93. The third kappa shape index (κ3) is 205. The SMILES string of the molecule is CC(=O)O.CC(=O)O.O=CC(Cl)(Cl)Cl. The molecule has 0 heterocycles. The molecule has 0 fully saturated rings. The van der Waals surface area contributed by atoms with E-state index in [4.69, 9.17) is 54.6 Å². The minimum Gasteiger partial charge on any atom is -0.481 e. The standard InChI is InChI=1S/C2HCl3O.2C2H4O2/c3-2(4,5)1-6;2*1-2(3)4/h1H;2*1H3,(H,3,4). The van der Waals surface area contributed by atoms with Gasteiger partial charge in [-0.1, -0.05) is 34.8 Å². The first-order valence-corrected chi connectivity index (χ1v) is 4.08. The van der Waals surface area contributed by atoms with E-state index in [1.54, 1.807) is 0 Å². The van der Waals surface area contributed by atoms with Crippen molar-refractivity contribution in [3.63, 3.8) is 0 Å². The highest BCUT2D eigenvalue weighted by molar-refractivity contribution is 6.74. The minimum absolute atomic E-state index is 0.234.